The smallest absolute Gasteiger partial charge is 0.167 e. The predicted octanol–water partition coefficient (Wildman–Crippen LogP) is 4.10. The summed E-state index contributed by atoms with van der Waals surface area (Å²) in [4.78, 5) is 4.33. The zero-order chi connectivity index (χ0) is 11.9. The molecule has 18 heavy (non-hydrogen) atoms. The molecular weight excluding hydrogens is 244 g/mol. The molecule has 3 nitrogen and oxygen atoms in total. The summed E-state index contributed by atoms with van der Waals surface area (Å²) in [6.07, 6.45) is 0. The number of aromatic nitrogens is 2. The lowest BCUT2D eigenvalue weighted by Crippen LogP contribution is -1.78. The Bertz CT molecular complexity index is 847. The van der Waals surface area contributed by atoms with Crippen LogP contribution in [0.1, 0.15) is 0 Å². The van der Waals surface area contributed by atoms with Gasteiger partial charge in [0.25, 0.3) is 0 Å². The van der Waals surface area contributed by atoms with Crippen LogP contribution >= 0.6 is 11.3 Å². The van der Waals surface area contributed by atoms with E-state index in [1.807, 2.05) is 29.8 Å². The molecular formula is C14H8N2OS. The molecule has 2 aromatic carbocycles. The van der Waals surface area contributed by atoms with E-state index in [4.69, 9.17) is 4.52 Å². The Labute approximate surface area is 107 Å². The fraction of sp³-hybridized carbons (Fsp3) is 0. The van der Waals surface area contributed by atoms with Crippen LogP contribution in [0.4, 0.5) is 0 Å². The zero-order valence-electron chi connectivity index (χ0n) is 9.33. The first kappa shape index (κ1) is 9.79. The maximum absolute atomic E-state index is 5.33. The number of fused-ring (bicyclic) bond motifs is 2. The van der Waals surface area contributed by atoms with Crippen molar-refractivity contribution >= 4 is 32.5 Å². The van der Waals surface area contributed by atoms with E-state index in [2.05, 4.69) is 28.3 Å². The van der Waals surface area contributed by atoms with Crippen LogP contribution in [0, 0.1) is 0 Å². The van der Waals surface area contributed by atoms with E-state index in [1.54, 1.807) is 11.3 Å². The summed E-state index contributed by atoms with van der Waals surface area (Å²) in [5.74, 6) is 0. The number of benzene rings is 2. The first-order valence-electron chi connectivity index (χ1n) is 5.60. The standard InChI is InChI=1S/C14H8N2OS/c1-2-4-12-10(3-1)14(16-17-12)9-5-6-13-11(7-9)15-8-18-13/h1-8H. The molecule has 2 heterocycles. The van der Waals surface area contributed by atoms with Crippen LogP contribution in [-0.2, 0) is 0 Å². The molecule has 0 aliphatic rings. The van der Waals surface area contributed by atoms with Gasteiger partial charge in [-0.25, -0.2) is 4.98 Å². The molecule has 0 spiro atoms. The van der Waals surface area contributed by atoms with Crippen molar-refractivity contribution in [2.24, 2.45) is 0 Å². The zero-order valence-corrected chi connectivity index (χ0v) is 10.1. The average Bonchev–Trinajstić information content (AvgIpc) is 3.04. The Hall–Kier alpha value is -2.20. The van der Waals surface area contributed by atoms with E-state index < -0.39 is 0 Å². The highest BCUT2D eigenvalue weighted by molar-refractivity contribution is 7.16. The van der Waals surface area contributed by atoms with Crippen molar-refractivity contribution in [3.63, 3.8) is 0 Å². The van der Waals surface area contributed by atoms with Gasteiger partial charge in [-0.1, -0.05) is 23.4 Å². The molecule has 4 rings (SSSR count). The van der Waals surface area contributed by atoms with Crippen molar-refractivity contribution in [2.45, 2.75) is 0 Å². The molecule has 0 saturated heterocycles. The van der Waals surface area contributed by atoms with Crippen molar-refractivity contribution in [3.8, 4) is 11.3 Å². The second kappa shape index (κ2) is 3.65. The van der Waals surface area contributed by atoms with Gasteiger partial charge in [0.1, 0.15) is 5.69 Å². The average molecular weight is 252 g/mol. The second-order valence-corrected chi connectivity index (χ2v) is 4.95. The van der Waals surface area contributed by atoms with E-state index >= 15 is 0 Å². The van der Waals surface area contributed by atoms with E-state index in [0.29, 0.717) is 0 Å². The Balaban J connectivity index is 2.00. The van der Waals surface area contributed by atoms with E-state index in [1.165, 1.54) is 4.70 Å². The third kappa shape index (κ3) is 1.36. The fourth-order valence-electron chi connectivity index (χ4n) is 2.10. The highest BCUT2D eigenvalue weighted by atomic mass is 32.1. The molecule has 0 fully saturated rings. The molecule has 0 aliphatic carbocycles. The molecule has 0 N–H and O–H groups in total. The molecule has 0 amide bonds. The lowest BCUT2D eigenvalue weighted by Gasteiger charge is -1.96. The summed E-state index contributed by atoms with van der Waals surface area (Å²) in [5.41, 5.74) is 5.59. The van der Waals surface area contributed by atoms with Gasteiger partial charge in [0.2, 0.25) is 0 Å². The molecule has 0 saturated carbocycles. The number of hydrogen-bond acceptors (Lipinski definition) is 4. The van der Waals surface area contributed by atoms with Crippen molar-refractivity contribution in [1.82, 2.24) is 10.1 Å². The van der Waals surface area contributed by atoms with Crippen LogP contribution in [0.5, 0.6) is 0 Å². The molecule has 0 bridgehead atoms. The third-order valence-electron chi connectivity index (χ3n) is 2.98. The number of nitrogens with zero attached hydrogens (tertiary/aromatic N) is 2. The Morgan fingerprint density at radius 1 is 1.06 bits per heavy atom. The molecule has 0 atom stereocenters. The van der Waals surface area contributed by atoms with Gasteiger partial charge in [-0.3, -0.25) is 0 Å². The van der Waals surface area contributed by atoms with Gasteiger partial charge in [0.15, 0.2) is 5.58 Å². The quantitative estimate of drug-likeness (QED) is 0.512. The SMILES string of the molecule is c1ccc2c(-c3ccc4scnc4c3)noc2c1. The minimum atomic E-state index is 0.811. The molecule has 0 radical (unpaired) electrons. The Morgan fingerprint density at radius 2 is 2.00 bits per heavy atom. The highest BCUT2D eigenvalue weighted by Gasteiger charge is 2.10. The van der Waals surface area contributed by atoms with E-state index in [9.17, 15) is 0 Å². The summed E-state index contributed by atoms with van der Waals surface area (Å²) in [7, 11) is 0. The Kier molecular flexibility index (Phi) is 1.98. The maximum Gasteiger partial charge on any atom is 0.167 e. The Morgan fingerprint density at radius 3 is 3.00 bits per heavy atom. The van der Waals surface area contributed by atoms with Gasteiger partial charge in [-0.15, -0.1) is 11.3 Å². The minimum absolute atomic E-state index is 0.811. The van der Waals surface area contributed by atoms with E-state index in [-0.39, 0.29) is 0 Å². The summed E-state index contributed by atoms with van der Waals surface area (Å²) in [5, 5.41) is 5.19. The molecule has 86 valence electrons. The summed E-state index contributed by atoms with van der Waals surface area (Å²) in [6.45, 7) is 0. The van der Waals surface area contributed by atoms with Gasteiger partial charge < -0.3 is 4.52 Å². The van der Waals surface area contributed by atoms with E-state index in [0.717, 1.165) is 27.7 Å². The minimum Gasteiger partial charge on any atom is -0.356 e. The van der Waals surface area contributed by atoms with Crippen molar-refractivity contribution in [2.75, 3.05) is 0 Å². The third-order valence-corrected chi connectivity index (χ3v) is 3.79. The predicted molar refractivity (Wildman–Crippen MR) is 72.6 cm³/mol. The summed E-state index contributed by atoms with van der Waals surface area (Å²) >= 11 is 1.64. The summed E-state index contributed by atoms with van der Waals surface area (Å²) < 4.78 is 6.52. The van der Waals surface area contributed by atoms with Crippen LogP contribution in [0.3, 0.4) is 0 Å². The monoisotopic (exact) mass is 252 g/mol. The van der Waals surface area contributed by atoms with Crippen LogP contribution in [0.2, 0.25) is 0 Å². The molecule has 4 aromatic rings. The summed E-state index contributed by atoms with van der Waals surface area (Å²) in [6, 6.07) is 14.1. The first-order chi connectivity index (χ1) is 8.92. The van der Waals surface area contributed by atoms with Gasteiger partial charge >= 0.3 is 0 Å². The number of rotatable bonds is 1. The first-order valence-corrected chi connectivity index (χ1v) is 6.48. The number of para-hydroxylation sites is 1. The van der Waals surface area contributed by atoms with Crippen LogP contribution < -0.4 is 0 Å². The molecule has 0 unspecified atom stereocenters. The van der Waals surface area contributed by atoms with Crippen LogP contribution in [0.15, 0.2) is 52.5 Å². The lowest BCUT2D eigenvalue weighted by atomic mass is 10.1. The number of hydrogen-bond donors (Lipinski definition) is 0. The highest BCUT2D eigenvalue weighted by Crippen LogP contribution is 2.30. The normalized spacial score (nSPS) is 11.3. The van der Waals surface area contributed by atoms with Crippen molar-refractivity contribution in [1.29, 1.82) is 0 Å². The number of thiazole rings is 1. The molecule has 4 heteroatoms. The van der Waals surface area contributed by atoms with Gasteiger partial charge in [-0.2, -0.15) is 0 Å². The van der Waals surface area contributed by atoms with Gasteiger partial charge in [-0.05, 0) is 24.3 Å². The maximum atomic E-state index is 5.33. The molecule has 2 aromatic heterocycles. The van der Waals surface area contributed by atoms with Crippen molar-refractivity contribution < 1.29 is 4.52 Å². The van der Waals surface area contributed by atoms with Gasteiger partial charge in [0, 0.05) is 10.9 Å². The van der Waals surface area contributed by atoms with Crippen LogP contribution in [0.25, 0.3) is 32.4 Å². The van der Waals surface area contributed by atoms with Crippen molar-refractivity contribution in [3.05, 3.63) is 48.0 Å². The second-order valence-electron chi connectivity index (χ2n) is 4.06. The lowest BCUT2D eigenvalue weighted by molar-refractivity contribution is 0.459. The topological polar surface area (TPSA) is 38.9 Å². The molecule has 0 aliphatic heterocycles. The fourth-order valence-corrected chi connectivity index (χ4v) is 2.76. The largest absolute Gasteiger partial charge is 0.356 e. The van der Waals surface area contributed by atoms with Gasteiger partial charge in [0.05, 0.1) is 15.7 Å². The van der Waals surface area contributed by atoms with Crippen LogP contribution in [-0.4, -0.2) is 10.1 Å².